The Labute approximate surface area is 141 Å². The van der Waals surface area contributed by atoms with E-state index in [1.165, 1.54) is 49.1 Å². The predicted molar refractivity (Wildman–Crippen MR) is 71.6 cm³/mol. The van der Waals surface area contributed by atoms with E-state index in [1.54, 1.807) is 0 Å². The first-order valence-corrected chi connectivity index (χ1v) is 4.84. The van der Waals surface area contributed by atoms with Crippen LogP contribution in [0.3, 0.4) is 0 Å². The number of carboxylic acids is 2. The van der Waals surface area contributed by atoms with Crippen LogP contribution in [0.15, 0.2) is 49.1 Å². The number of rotatable bonds is 2. The molecule has 0 bridgehead atoms. The van der Waals surface area contributed by atoms with Gasteiger partial charge in [-0.3, -0.25) is 9.97 Å². The zero-order chi connectivity index (χ0) is 13.4. The fraction of sp³-hybridized carbons (Fsp3) is 0. The quantitative estimate of drug-likeness (QED) is 0.502. The minimum atomic E-state index is -1.17. The molecule has 1 radical (unpaired) electrons. The maximum Gasteiger partial charge on any atom is 2.00 e. The molecule has 2 aromatic heterocycles. The molecular weight excluding hydrogens is 359 g/mol. The van der Waals surface area contributed by atoms with E-state index in [2.05, 4.69) is 9.97 Å². The average molecular weight is 375 g/mol. The summed E-state index contributed by atoms with van der Waals surface area (Å²) in [7, 11) is 0. The van der Waals surface area contributed by atoms with Crippen LogP contribution in [-0.2, 0) is 16.8 Å². The molecule has 0 amide bonds. The molecule has 131 valence electrons. The first kappa shape index (κ1) is 32.5. The van der Waals surface area contributed by atoms with Crippen LogP contribution >= 0.6 is 0 Å². The van der Waals surface area contributed by atoms with Crippen molar-refractivity contribution in [3.05, 3.63) is 60.2 Å². The van der Waals surface area contributed by atoms with Crippen molar-refractivity contribution in [2.24, 2.45) is 0 Å². The summed E-state index contributed by atoms with van der Waals surface area (Å²) in [4.78, 5) is 27.4. The zero-order valence-corrected chi connectivity index (χ0v) is 12.5. The Morgan fingerprint density at radius 3 is 1.00 bits per heavy atom. The summed E-state index contributed by atoms with van der Waals surface area (Å²) in [6, 6.07) is 5.54. The fourth-order valence-electron chi connectivity index (χ4n) is 0.976. The molecule has 0 aromatic carbocycles. The normalized spacial score (nSPS) is 6.96. The Balaban J connectivity index is -0.0000000771. The number of hydrogen-bond acceptors (Lipinski definition) is 6. The summed E-state index contributed by atoms with van der Waals surface area (Å²) in [5.74, 6) is -2.34. The molecule has 0 aliphatic heterocycles. The van der Waals surface area contributed by atoms with Crippen molar-refractivity contribution >= 4 is 11.9 Å². The molecule has 8 N–H and O–H groups in total. The number of carbonyl (C=O) groups excluding carboxylic acids is 2. The SMILES string of the molecule is O.O.O.O.O=C([O-])c1ccncc1.O=C([O-])c1ccncc1.[Co+2]. The third-order valence-corrected chi connectivity index (χ3v) is 1.83. The van der Waals surface area contributed by atoms with Crippen LogP contribution in [0.25, 0.3) is 0 Å². The molecule has 0 aliphatic rings. The Kier molecular flexibility index (Phi) is 24.9. The monoisotopic (exact) mass is 375 g/mol. The Bertz CT molecular complexity index is 478. The van der Waals surface area contributed by atoms with Crippen molar-refractivity contribution in [1.29, 1.82) is 0 Å². The molecule has 11 heteroatoms. The van der Waals surface area contributed by atoms with Crippen LogP contribution in [0.1, 0.15) is 20.7 Å². The predicted octanol–water partition coefficient (Wildman–Crippen LogP) is -4.41. The van der Waals surface area contributed by atoms with Gasteiger partial charge in [0.25, 0.3) is 0 Å². The van der Waals surface area contributed by atoms with Gasteiger partial charge in [0.2, 0.25) is 0 Å². The smallest absolute Gasteiger partial charge is 0.545 e. The van der Waals surface area contributed by atoms with Gasteiger partial charge >= 0.3 is 16.8 Å². The third kappa shape index (κ3) is 13.0. The van der Waals surface area contributed by atoms with Gasteiger partial charge < -0.3 is 41.7 Å². The molecule has 0 saturated carbocycles. The molecule has 23 heavy (non-hydrogen) atoms. The van der Waals surface area contributed by atoms with E-state index in [4.69, 9.17) is 0 Å². The minimum absolute atomic E-state index is 0. The maximum absolute atomic E-state index is 10.1. The molecular formula is C12H16CoN2O8. The topological polar surface area (TPSA) is 232 Å². The fourth-order valence-corrected chi connectivity index (χ4v) is 0.976. The molecule has 0 spiro atoms. The van der Waals surface area contributed by atoms with Crippen molar-refractivity contribution in [2.75, 3.05) is 0 Å². The molecule has 0 unspecified atom stereocenters. The summed E-state index contributed by atoms with van der Waals surface area (Å²) in [5.41, 5.74) is 0.315. The van der Waals surface area contributed by atoms with Crippen LogP contribution in [0.5, 0.6) is 0 Å². The summed E-state index contributed by atoms with van der Waals surface area (Å²) >= 11 is 0. The van der Waals surface area contributed by atoms with Crippen molar-refractivity contribution in [3.63, 3.8) is 0 Å². The number of carbonyl (C=O) groups is 2. The standard InChI is InChI=1S/2C6H5NO2.Co.4H2O/c2*8-6(9)5-1-3-7-4-2-5;;;;;/h2*1-4H,(H,8,9);;4*1H2/q;;+2;;;;/p-2. The molecule has 0 fully saturated rings. The molecule has 0 atom stereocenters. The van der Waals surface area contributed by atoms with E-state index in [-0.39, 0.29) is 49.8 Å². The van der Waals surface area contributed by atoms with Gasteiger partial charge in [-0.2, -0.15) is 0 Å². The number of aromatic carboxylic acids is 2. The molecule has 10 nitrogen and oxygen atoms in total. The molecule has 2 aromatic rings. The van der Waals surface area contributed by atoms with Gasteiger partial charge in [-0.05, 0) is 24.3 Å². The van der Waals surface area contributed by atoms with Gasteiger partial charge in [0, 0.05) is 35.9 Å². The van der Waals surface area contributed by atoms with E-state index in [0.29, 0.717) is 0 Å². The van der Waals surface area contributed by atoms with Gasteiger partial charge in [-0.25, -0.2) is 0 Å². The maximum atomic E-state index is 10.1. The number of carboxylic acid groups (broad SMARTS) is 2. The van der Waals surface area contributed by atoms with Gasteiger partial charge in [0.15, 0.2) is 0 Å². The van der Waals surface area contributed by atoms with Crippen molar-refractivity contribution < 1.29 is 58.5 Å². The molecule has 2 rings (SSSR count). The van der Waals surface area contributed by atoms with Crippen LogP contribution in [0.4, 0.5) is 0 Å². The average Bonchev–Trinajstić information content (AvgIpc) is 2.41. The number of aromatic nitrogens is 2. The summed E-state index contributed by atoms with van der Waals surface area (Å²) in [6.45, 7) is 0. The number of hydrogen-bond donors (Lipinski definition) is 0. The van der Waals surface area contributed by atoms with E-state index in [1.807, 2.05) is 0 Å². The Hall–Kier alpha value is -2.41. The van der Waals surface area contributed by atoms with Gasteiger partial charge in [0.05, 0.1) is 11.9 Å². The number of pyridine rings is 2. The molecule has 2 heterocycles. The number of nitrogens with zero attached hydrogens (tertiary/aromatic N) is 2. The van der Waals surface area contributed by atoms with Crippen LogP contribution in [0.2, 0.25) is 0 Å². The van der Waals surface area contributed by atoms with Crippen LogP contribution in [-0.4, -0.2) is 43.8 Å². The van der Waals surface area contributed by atoms with Crippen LogP contribution < -0.4 is 10.2 Å². The van der Waals surface area contributed by atoms with E-state index < -0.39 is 11.9 Å². The Morgan fingerprint density at radius 1 is 0.652 bits per heavy atom. The van der Waals surface area contributed by atoms with Gasteiger partial charge in [-0.1, -0.05) is 0 Å². The van der Waals surface area contributed by atoms with Crippen LogP contribution in [0, 0.1) is 0 Å². The van der Waals surface area contributed by atoms with Crippen molar-refractivity contribution in [3.8, 4) is 0 Å². The first-order chi connectivity index (χ1) is 8.61. The minimum Gasteiger partial charge on any atom is -0.545 e. The van der Waals surface area contributed by atoms with E-state index in [0.717, 1.165) is 0 Å². The van der Waals surface area contributed by atoms with Crippen molar-refractivity contribution in [2.45, 2.75) is 0 Å². The Morgan fingerprint density at radius 2 is 0.870 bits per heavy atom. The molecule has 0 saturated heterocycles. The first-order valence-electron chi connectivity index (χ1n) is 4.84. The third-order valence-electron chi connectivity index (χ3n) is 1.83. The summed E-state index contributed by atoms with van der Waals surface area (Å²) < 4.78 is 0. The molecule has 0 aliphatic carbocycles. The van der Waals surface area contributed by atoms with E-state index >= 15 is 0 Å². The van der Waals surface area contributed by atoms with Gasteiger partial charge in [0.1, 0.15) is 0 Å². The largest absolute Gasteiger partial charge is 2.00 e. The van der Waals surface area contributed by atoms with E-state index in [9.17, 15) is 19.8 Å². The van der Waals surface area contributed by atoms with Crippen molar-refractivity contribution in [1.82, 2.24) is 9.97 Å². The second-order valence-corrected chi connectivity index (χ2v) is 3.05. The zero-order valence-electron chi connectivity index (χ0n) is 11.5. The van der Waals surface area contributed by atoms with Gasteiger partial charge in [-0.15, -0.1) is 0 Å². The summed E-state index contributed by atoms with van der Waals surface area (Å²) in [6.07, 6.45) is 5.63. The summed E-state index contributed by atoms with van der Waals surface area (Å²) in [5, 5.41) is 20.1. The second kappa shape index (κ2) is 17.6. The second-order valence-electron chi connectivity index (χ2n) is 3.05.